The molecule has 6 heteroatoms. The van der Waals surface area contributed by atoms with E-state index in [0.29, 0.717) is 18.8 Å². The van der Waals surface area contributed by atoms with Gasteiger partial charge in [-0.25, -0.2) is 4.98 Å². The number of aromatic nitrogens is 2. The number of rotatable bonds is 6. The number of aryl methyl sites for hydroxylation is 1. The number of para-hydroxylation sites is 1. The fourth-order valence-electron chi connectivity index (χ4n) is 2.11. The number of nitrogens with zero attached hydrogens (tertiary/aromatic N) is 2. The van der Waals surface area contributed by atoms with Crippen LogP contribution in [0.1, 0.15) is 26.6 Å². The summed E-state index contributed by atoms with van der Waals surface area (Å²) in [5.41, 5.74) is 2.48. The zero-order chi connectivity index (χ0) is 16.8. The van der Waals surface area contributed by atoms with E-state index in [1.807, 2.05) is 43.3 Å². The van der Waals surface area contributed by atoms with E-state index in [1.54, 1.807) is 17.8 Å². The maximum atomic E-state index is 12.1. The van der Waals surface area contributed by atoms with Gasteiger partial charge in [-0.2, -0.15) is 0 Å². The van der Waals surface area contributed by atoms with Crippen LogP contribution in [0.3, 0.4) is 0 Å². The lowest BCUT2D eigenvalue weighted by molar-refractivity contribution is 0.0946. The molecule has 5 nitrogen and oxygen atoms in total. The van der Waals surface area contributed by atoms with Gasteiger partial charge in [0.25, 0.3) is 5.91 Å². The summed E-state index contributed by atoms with van der Waals surface area (Å²) in [7, 11) is 0. The van der Waals surface area contributed by atoms with E-state index in [0.717, 1.165) is 21.9 Å². The predicted octanol–water partition coefficient (Wildman–Crippen LogP) is 3.36. The molecule has 0 saturated carbocycles. The third-order valence-corrected chi connectivity index (χ3v) is 4.25. The quantitative estimate of drug-likeness (QED) is 0.748. The van der Waals surface area contributed by atoms with Crippen molar-refractivity contribution in [3.8, 4) is 5.75 Å². The van der Waals surface area contributed by atoms with Gasteiger partial charge in [-0.15, -0.1) is 11.3 Å². The lowest BCUT2D eigenvalue weighted by atomic mass is 10.2. The Bertz CT molecular complexity index is 818. The van der Waals surface area contributed by atoms with Crippen molar-refractivity contribution in [3.63, 3.8) is 0 Å². The SMILES string of the molecule is Cc1ccccc1OCc1nc(C(=O)NCc2ccncc2)cs1. The zero-order valence-electron chi connectivity index (χ0n) is 13.2. The van der Waals surface area contributed by atoms with Crippen molar-refractivity contribution in [1.82, 2.24) is 15.3 Å². The van der Waals surface area contributed by atoms with Gasteiger partial charge in [0.2, 0.25) is 0 Å². The molecular weight excluding hydrogens is 322 g/mol. The molecule has 122 valence electrons. The minimum Gasteiger partial charge on any atom is -0.486 e. The molecule has 3 rings (SSSR count). The Morgan fingerprint density at radius 2 is 2.00 bits per heavy atom. The van der Waals surface area contributed by atoms with Crippen molar-refractivity contribution in [1.29, 1.82) is 0 Å². The van der Waals surface area contributed by atoms with Crippen molar-refractivity contribution in [2.45, 2.75) is 20.1 Å². The summed E-state index contributed by atoms with van der Waals surface area (Å²) in [4.78, 5) is 20.4. The van der Waals surface area contributed by atoms with E-state index in [-0.39, 0.29) is 5.91 Å². The van der Waals surface area contributed by atoms with Crippen LogP contribution in [-0.4, -0.2) is 15.9 Å². The van der Waals surface area contributed by atoms with Crippen molar-refractivity contribution < 1.29 is 9.53 Å². The van der Waals surface area contributed by atoms with E-state index >= 15 is 0 Å². The third kappa shape index (κ3) is 4.17. The van der Waals surface area contributed by atoms with Gasteiger partial charge in [0.05, 0.1) is 0 Å². The predicted molar refractivity (Wildman–Crippen MR) is 93.0 cm³/mol. The van der Waals surface area contributed by atoms with Crippen LogP contribution in [0.4, 0.5) is 0 Å². The summed E-state index contributed by atoms with van der Waals surface area (Å²) in [6.07, 6.45) is 3.40. The van der Waals surface area contributed by atoms with Crippen LogP contribution in [-0.2, 0) is 13.2 Å². The number of thiazole rings is 1. The highest BCUT2D eigenvalue weighted by molar-refractivity contribution is 7.09. The standard InChI is InChI=1S/C18H17N3O2S/c1-13-4-2-3-5-16(13)23-11-17-21-15(12-24-17)18(22)20-10-14-6-8-19-9-7-14/h2-9,12H,10-11H2,1H3,(H,20,22). The number of amides is 1. The maximum absolute atomic E-state index is 12.1. The summed E-state index contributed by atoms with van der Waals surface area (Å²) < 4.78 is 5.75. The van der Waals surface area contributed by atoms with Crippen LogP contribution in [0.25, 0.3) is 0 Å². The minimum atomic E-state index is -0.190. The first-order chi connectivity index (χ1) is 11.7. The van der Waals surface area contributed by atoms with E-state index in [4.69, 9.17) is 4.74 Å². The van der Waals surface area contributed by atoms with Gasteiger partial charge >= 0.3 is 0 Å². The molecule has 0 bridgehead atoms. The van der Waals surface area contributed by atoms with Crippen molar-refractivity contribution in [2.75, 3.05) is 0 Å². The Hall–Kier alpha value is -2.73. The lowest BCUT2D eigenvalue weighted by Gasteiger charge is -2.06. The topological polar surface area (TPSA) is 64.1 Å². The Morgan fingerprint density at radius 3 is 2.79 bits per heavy atom. The Labute approximate surface area is 144 Å². The Balaban J connectivity index is 1.55. The number of ether oxygens (including phenoxy) is 1. The fraction of sp³-hybridized carbons (Fsp3) is 0.167. The molecular formula is C18H17N3O2S. The molecule has 0 aliphatic carbocycles. The molecule has 0 unspecified atom stereocenters. The average Bonchev–Trinajstić information content (AvgIpc) is 3.09. The summed E-state index contributed by atoms with van der Waals surface area (Å²) in [5.74, 6) is 0.640. The molecule has 1 N–H and O–H groups in total. The Kier molecular flexibility index (Phi) is 5.18. The lowest BCUT2D eigenvalue weighted by Crippen LogP contribution is -2.23. The highest BCUT2D eigenvalue weighted by Crippen LogP contribution is 2.19. The molecule has 0 atom stereocenters. The van der Waals surface area contributed by atoms with Crippen LogP contribution in [0.15, 0.2) is 54.2 Å². The molecule has 0 spiro atoms. The average molecular weight is 339 g/mol. The second kappa shape index (κ2) is 7.70. The van der Waals surface area contributed by atoms with E-state index < -0.39 is 0 Å². The van der Waals surface area contributed by atoms with Gasteiger partial charge < -0.3 is 10.1 Å². The highest BCUT2D eigenvalue weighted by atomic mass is 32.1. The number of benzene rings is 1. The number of hydrogen-bond acceptors (Lipinski definition) is 5. The van der Waals surface area contributed by atoms with Crippen LogP contribution < -0.4 is 10.1 Å². The van der Waals surface area contributed by atoms with E-state index in [9.17, 15) is 4.79 Å². The van der Waals surface area contributed by atoms with Crippen LogP contribution >= 0.6 is 11.3 Å². The van der Waals surface area contributed by atoms with Gasteiger partial charge in [0.1, 0.15) is 23.1 Å². The molecule has 2 heterocycles. The molecule has 2 aromatic heterocycles. The van der Waals surface area contributed by atoms with Gasteiger partial charge in [-0.3, -0.25) is 9.78 Å². The normalized spacial score (nSPS) is 10.4. The van der Waals surface area contributed by atoms with Gasteiger partial charge in [-0.1, -0.05) is 18.2 Å². The molecule has 0 saturated heterocycles. The second-order valence-corrected chi connectivity index (χ2v) is 6.16. The highest BCUT2D eigenvalue weighted by Gasteiger charge is 2.11. The molecule has 24 heavy (non-hydrogen) atoms. The summed E-state index contributed by atoms with van der Waals surface area (Å²) in [6, 6.07) is 11.5. The number of pyridine rings is 1. The van der Waals surface area contributed by atoms with Gasteiger partial charge in [-0.05, 0) is 36.2 Å². The first-order valence-corrected chi connectivity index (χ1v) is 8.40. The van der Waals surface area contributed by atoms with E-state index in [2.05, 4.69) is 15.3 Å². The number of carbonyl (C=O) groups excluding carboxylic acids is 1. The van der Waals surface area contributed by atoms with Crippen molar-refractivity contribution >= 4 is 17.2 Å². The zero-order valence-corrected chi connectivity index (χ0v) is 14.0. The fourth-order valence-corrected chi connectivity index (χ4v) is 2.80. The summed E-state index contributed by atoms with van der Waals surface area (Å²) >= 11 is 1.42. The van der Waals surface area contributed by atoms with Crippen LogP contribution in [0.2, 0.25) is 0 Å². The molecule has 3 aromatic rings. The molecule has 0 radical (unpaired) electrons. The van der Waals surface area contributed by atoms with Crippen LogP contribution in [0.5, 0.6) is 5.75 Å². The maximum Gasteiger partial charge on any atom is 0.271 e. The Morgan fingerprint density at radius 1 is 1.21 bits per heavy atom. The summed E-state index contributed by atoms with van der Waals surface area (Å²) in [5, 5.41) is 5.37. The van der Waals surface area contributed by atoms with Crippen molar-refractivity contribution in [3.05, 3.63) is 76.0 Å². The first kappa shape index (κ1) is 16.1. The molecule has 1 amide bonds. The molecule has 0 aliphatic heterocycles. The van der Waals surface area contributed by atoms with Crippen molar-refractivity contribution in [2.24, 2.45) is 0 Å². The third-order valence-electron chi connectivity index (χ3n) is 3.43. The van der Waals surface area contributed by atoms with Gasteiger partial charge in [0, 0.05) is 24.3 Å². The number of hydrogen-bond donors (Lipinski definition) is 1. The van der Waals surface area contributed by atoms with E-state index in [1.165, 1.54) is 11.3 Å². The molecule has 0 fully saturated rings. The second-order valence-electron chi connectivity index (χ2n) is 5.22. The van der Waals surface area contributed by atoms with Gasteiger partial charge in [0.15, 0.2) is 0 Å². The first-order valence-electron chi connectivity index (χ1n) is 7.52. The van der Waals surface area contributed by atoms with Crippen LogP contribution in [0, 0.1) is 6.92 Å². The smallest absolute Gasteiger partial charge is 0.271 e. The molecule has 0 aliphatic rings. The monoisotopic (exact) mass is 339 g/mol. The molecule has 1 aromatic carbocycles. The summed E-state index contributed by atoms with van der Waals surface area (Å²) in [6.45, 7) is 2.80. The number of carbonyl (C=O) groups is 1. The minimum absolute atomic E-state index is 0.190. The number of nitrogens with one attached hydrogen (secondary N) is 1. The largest absolute Gasteiger partial charge is 0.486 e.